The van der Waals surface area contributed by atoms with Crippen LogP contribution < -0.4 is 0 Å². The number of aliphatic hydroxyl groups excluding tert-OH is 30. The summed E-state index contributed by atoms with van der Waals surface area (Å²) in [6, 6.07) is 0. The van der Waals surface area contributed by atoms with Crippen LogP contribution in [-0.4, -0.2) is 346 Å². The van der Waals surface area contributed by atoms with Crippen molar-refractivity contribution in [2.45, 2.75) is 61.0 Å². The van der Waals surface area contributed by atoms with Crippen LogP contribution in [0.3, 0.4) is 0 Å². The Morgan fingerprint density at radius 3 is 0.150 bits per heavy atom. The van der Waals surface area contributed by atoms with E-state index in [9.17, 15) is 0 Å². The topological polar surface area (TPSA) is 607 Å². The van der Waals surface area contributed by atoms with E-state index in [1.54, 1.807) is 0 Å². The van der Waals surface area contributed by atoms with Gasteiger partial charge in [-0.05, 0) is 0 Å². The Labute approximate surface area is 346 Å². The Balaban J connectivity index is -0.0000000579. The summed E-state index contributed by atoms with van der Waals surface area (Å²) in [6.07, 6.45) is -9.54. The van der Waals surface area contributed by atoms with E-state index in [0.717, 1.165) is 0 Å². The van der Waals surface area contributed by atoms with Gasteiger partial charge >= 0.3 is 0 Å². The highest BCUT2D eigenvalue weighted by atomic mass is 16.4. The largest absolute Gasteiger partial charge is 0.394 e. The van der Waals surface area contributed by atoms with Crippen molar-refractivity contribution >= 4 is 0 Å². The molecule has 0 bridgehead atoms. The number of hydrogen-bond donors (Lipinski definition) is 30. The van der Waals surface area contributed by atoms with Crippen molar-refractivity contribution in [1.29, 1.82) is 0 Å². The number of hydrogen-bond acceptors (Lipinski definition) is 30. The van der Waals surface area contributed by atoms with E-state index in [0.29, 0.717) is 0 Å². The first-order valence-electron chi connectivity index (χ1n) is 17.1. The van der Waals surface area contributed by atoms with Gasteiger partial charge in [-0.2, -0.15) is 0 Å². The van der Waals surface area contributed by atoms with Crippen LogP contribution in [0, 0.1) is 0 Å². The Bertz CT molecular complexity index is 418. The minimum absolute atomic E-state index is 0.365. The molecule has 0 rings (SSSR count). The number of aliphatic hydroxyl groups is 30. The monoisotopic (exact) mass is 920 g/mol. The summed E-state index contributed by atoms with van der Waals surface area (Å²) in [5.41, 5.74) is 0. The quantitative estimate of drug-likeness (QED) is 0.0539. The Morgan fingerprint density at radius 1 is 0.117 bits per heavy atom. The average Bonchev–Trinajstić information content (AvgIpc) is 3.32. The summed E-state index contributed by atoms with van der Waals surface area (Å²) in [4.78, 5) is 0. The van der Waals surface area contributed by atoms with Gasteiger partial charge in [-0.3, -0.25) is 0 Å². The predicted octanol–water partition coefficient (Wildman–Crippen LogP) is -16.7. The second-order valence-electron chi connectivity index (χ2n) is 10.2. The third-order valence-corrected chi connectivity index (χ3v) is 4.21. The maximum atomic E-state index is 8.17. The smallest absolute Gasteiger partial charge is 0.100 e. The first kappa shape index (κ1) is 82.5. The van der Waals surface area contributed by atoms with E-state index >= 15 is 0 Å². The standard InChI is InChI=1S/10C3H8O3/c10*4-1-3(6)2-5/h10*3-6H,1-2H2. The van der Waals surface area contributed by atoms with Gasteiger partial charge in [-0.15, -0.1) is 0 Å². The fourth-order valence-electron chi connectivity index (χ4n) is 0.577. The molecule has 0 aromatic carbocycles. The SMILES string of the molecule is OCC(O)CO.OCC(O)CO.OCC(O)CO.OCC(O)CO.OCC(O)CO.OCC(O)CO.OCC(O)CO.OCC(O)CO.OCC(O)CO.OCC(O)CO. The fraction of sp³-hybridized carbons (Fsp3) is 1.00. The highest BCUT2D eigenvalue weighted by Crippen LogP contribution is 1.76. The Morgan fingerprint density at radius 2 is 0.150 bits per heavy atom. The first-order chi connectivity index (χ1) is 28.1. The summed E-state index contributed by atoms with van der Waals surface area (Å²) in [6.45, 7) is -7.29. The van der Waals surface area contributed by atoms with Crippen molar-refractivity contribution < 1.29 is 153 Å². The van der Waals surface area contributed by atoms with E-state index in [4.69, 9.17) is 153 Å². The van der Waals surface area contributed by atoms with Gasteiger partial charge in [0.05, 0.1) is 132 Å². The second kappa shape index (κ2) is 78.3. The van der Waals surface area contributed by atoms with E-state index in [-0.39, 0.29) is 132 Å². The van der Waals surface area contributed by atoms with Crippen LogP contribution in [0.2, 0.25) is 0 Å². The van der Waals surface area contributed by atoms with Crippen LogP contribution in [0.4, 0.5) is 0 Å². The molecule has 0 spiro atoms. The van der Waals surface area contributed by atoms with E-state index in [2.05, 4.69) is 0 Å². The molecule has 0 saturated carbocycles. The summed E-state index contributed by atoms with van der Waals surface area (Å²) in [5, 5.41) is 240. The summed E-state index contributed by atoms with van der Waals surface area (Å²) in [5.74, 6) is 0. The Kier molecular flexibility index (Phi) is 108. The van der Waals surface area contributed by atoms with Gasteiger partial charge < -0.3 is 153 Å². The lowest BCUT2D eigenvalue weighted by Gasteiger charge is -1.96. The summed E-state index contributed by atoms with van der Waals surface area (Å²) in [7, 11) is 0. The molecule has 0 aromatic rings. The van der Waals surface area contributed by atoms with Gasteiger partial charge in [0.2, 0.25) is 0 Å². The van der Waals surface area contributed by atoms with Gasteiger partial charge in [0, 0.05) is 0 Å². The lowest BCUT2D eigenvalue weighted by atomic mass is 10.4. The maximum Gasteiger partial charge on any atom is 0.100 e. The molecule has 30 nitrogen and oxygen atoms in total. The maximum absolute atomic E-state index is 8.17. The van der Waals surface area contributed by atoms with Gasteiger partial charge in [0.1, 0.15) is 61.0 Å². The van der Waals surface area contributed by atoms with E-state index < -0.39 is 61.0 Å². The van der Waals surface area contributed by atoms with Crippen molar-refractivity contribution in [2.24, 2.45) is 0 Å². The molecule has 0 atom stereocenters. The van der Waals surface area contributed by atoms with Crippen molar-refractivity contribution in [3.63, 3.8) is 0 Å². The van der Waals surface area contributed by atoms with E-state index in [1.165, 1.54) is 0 Å². The molecule has 0 aliphatic carbocycles. The van der Waals surface area contributed by atoms with E-state index in [1.807, 2.05) is 0 Å². The van der Waals surface area contributed by atoms with Gasteiger partial charge in [0.15, 0.2) is 0 Å². The third-order valence-electron chi connectivity index (χ3n) is 4.21. The fourth-order valence-corrected chi connectivity index (χ4v) is 0.577. The lowest BCUT2D eigenvalue weighted by molar-refractivity contribution is 0.0450. The highest BCUT2D eigenvalue weighted by molar-refractivity contribution is 4.47. The summed E-state index contributed by atoms with van der Waals surface area (Å²) >= 11 is 0. The van der Waals surface area contributed by atoms with Crippen LogP contribution in [0.1, 0.15) is 0 Å². The molecule has 0 amide bonds. The average molecular weight is 921 g/mol. The Hall–Kier alpha value is -1.20. The molecule has 30 N–H and O–H groups in total. The highest BCUT2D eigenvalue weighted by Gasteiger charge is 1.98. The van der Waals surface area contributed by atoms with Crippen LogP contribution in [-0.2, 0) is 0 Å². The molecule has 0 fully saturated rings. The molecule has 0 radical (unpaired) electrons. The normalized spacial score (nSPS) is 10.0. The van der Waals surface area contributed by atoms with Gasteiger partial charge in [-0.25, -0.2) is 0 Å². The molecule has 0 aliphatic rings. The first-order valence-corrected chi connectivity index (χ1v) is 17.1. The van der Waals surface area contributed by atoms with Crippen LogP contribution >= 0.6 is 0 Å². The molecule has 0 aliphatic heterocycles. The second-order valence-corrected chi connectivity index (χ2v) is 10.2. The van der Waals surface area contributed by atoms with Crippen molar-refractivity contribution in [2.75, 3.05) is 132 Å². The zero-order valence-electron chi connectivity index (χ0n) is 33.3. The minimum atomic E-state index is -0.954. The lowest BCUT2D eigenvalue weighted by Crippen LogP contribution is -2.15. The molecular weight excluding hydrogens is 840 g/mol. The molecule has 30 heteroatoms. The molecule has 0 heterocycles. The molecule has 0 aromatic heterocycles. The molecule has 0 saturated heterocycles. The third kappa shape index (κ3) is 117. The zero-order chi connectivity index (χ0) is 49.9. The summed E-state index contributed by atoms with van der Waals surface area (Å²) < 4.78 is 0. The van der Waals surface area contributed by atoms with Crippen molar-refractivity contribution in [3.8, 4) is 0 Å². The minimum Gasteiger partial charge on any atom is -0.394 e. The van der Waals surface area contributed by atoms with Crippen LogP contribution in [0.15, 0.2) is 0 Å². The molecule has 0 unspecified atom stereocenters. The molecule has 380 valence electrons. The van der Waals surface area contributed by atoms with Crippen molar-refractivity contribution in [1.82, 2.24) is 0 Å². The van der Waals surface area contributed by atoms with Gasteiger partial charge in [0.25, 0.3) is 0 Å². The molecule has 60 heavy (non-hydrogen) atoms. The van der Waals surface area contributed by atoms with Crippen LogP contribution in [0.25, 0.3) is 0 Å². The number of rotatable bonds is 20. The molecular formula is C30H80O30. The zero-order valence-corrected chi connectivity index (χ0v) is 33.3. The predicted molar refractivity (Wildman–Crippen MR) is 202 cm³/mol. The van der Waals surface area contributed by atoms with Crippen molar-refractivity contribution in [3.05, 3.63) is 0 Å². The van der Waals surface area contributed by atoms with Crippen LogP contribution in [0.5, 0.6) is 0 Å². The van der Waals surface area contributed by atoms with Gasteiger partial charge in [-0.1, -0.05) is 0 Å².